The van der Waals surface area contributed by atoms with E-state index < -0.39 is 5.91 Å². The van der Waals surface area contributed by atoms with Gasteiger partial charge in [0.05, 0.1) is 0 Å². The van der Waals surface area contributed by atoms with Crippen molar-refractivity contribution in [3.05, 3.63) is 34.6 Å². The fourth-order valence-electron chi connectivity index (χ4n) is 2.86. The van der Waals surface area contributed by atoms with Gasteiger partial charge < -0.3 is 5.73 Å². The molecule has 1 heterocycles. The summed E-state index contributed by atoms with van der Waals surface area (Å²) in [5.41, 5.74) is 7.61. The predicted octanol–water partition coefficient (Wildman–Crippen LogP) is 2.08. The molecule has 2 aliphatic rings. The van der Waals surface area contributed by atoms with E-state index >= 15 is 0 Å². The van der Waals surface area contributed by atoms with Crippen LogP contribution in [0.4, 0.5) is 4.39 Å². The molecule has 0 unspecified atom stereocenters. The van der Waals surface area contributed by atoms with Crippen molar-refractivity contribution in [2.24, 2.45) is 11.1 Å². The fourth-order valence-corrected chi connectivity index (χ4v) is 2.86. The largest absolute Gasteiger partial charge is 0.366 e. The van der Waals surface area contributed by atoms with Gasteiger partial charge in [-0.1, -0.05) is 6.92 Å². The number of nitrogens with two attached hydrogens (primary N) is 1. The first-order valence-electron chi connectivity index (χ1n) is 6.80. The monoisotopic (exact) mass is 262 g/mol. The molecule has 1 fully saturated rings. The molecule has 1 aliphatic heterocycles. The Morgan fingerprint density at radius 3 is 2.84 bits per heavy atom. The number of carbonyl (C=O) groups excluding carboxylic acids is 1. The summed E-state index contributed by atoms with van der Waals surface area (Å²) < 4.78 is 14.1. The van der Waals surface area contributed by atoms with Gasteiger partial charge >= 0.3 is 0 Å². The highest BCUT2D eigenvalue weighted by molar-refractivity contribution is 5.93. The summed E-state index contributed by atoms with van der Waals surface area (Å²) in [6, 6.07) is 3.01. The lowest BCUT2D eigenvalue weighted by atomic mass is 9.95. The summed E-state index contributed by atoms with van der Waals surface area (Å²) in [5.74, 6) is -0.855. The molecule has 0 atom stereocenters. The smallest absolute Gasteiger partial charge is 0.248 e. The third kappa shape index (κ3) is 2.50. The molecule has 102 valence electrons. The van der Waals surface area contributed by atoms with Gasteiger partial charge in [0.2, 0.25) is 5.91 Å². The number of nitrogens with zero attached hydrogens (tertiary/aromatic N) is 1. The van der Waals surface area contributed by atoms with Crippen molar-refractivity contribution in [2.45, 2.75) is 32.7 Å². The van der Waals surface area contributed by atoms with E-state index in [0.29, 0.717) is 12.0 Å². The van der Waals surface area contributed by atoms with Crippen LogP contribution in [0.1, 0.15) is 41.3 Å². The topological polar surface area (TPSA) is 46.3 Å². The summed E-state index contributed by atoms with van der Waals surface area (Å²) in [7, 11) is 0. The molecule has 0 saturated heterocycles. The van der Waals surface area contributed by atoms with E-state index in [4.69, 9.17) is 5.73 Å². The lowest BCUT2D eigenvalue weighted by molar-refractivity contribution is 0.0999. The van der Waals surface area contributed by atoms with Crippen LogP contribution in [0.2, 0.25) is 0 Å². The summed E-state index contributed by atoms with van der Waals surface area (Å²) in [6.07, 6.45) is 3.35. The van der Waals surface area contributed by atoms with Gasteiger partial charge in [-0.15, -0.1) is 0 Å². The highest BCUT2D eigenvalue weighted by atomic mass is 19.1. The molecule has 1 aromatic carbocycles. The number of primary amides is 1. The summed E-state index contributed by atoms with van der Waals surface area (Å²) >= 11 is 0. The number of amides is 1. The van der Waals surface area contributed by atoms with Crippen LogP contribution in [0.15, 0.2) is 12.1 Å². The molecule has 3 nitrogen and oxygen atoms in total. The Labute approximate surface area is 112 Å². The molecule has 0 radical (unpaired) electrons. The lowest BCUT2D eigenvalue weighted by Gasteiger charge is -2.31. The molecule has 4 heteroatoms. The third-order valence-electron chi connectivity index (χ3n) is 4.36. The molecule has 1 saturated carbocycles. The van der Waals surface area contributed by atoms with E-state index in [1.165, 1.54) is 18.9 Å². The maximum atomic E-state index is 14.1. The molecule has 1 amide bonds. The van der Waals surface area contributed by atoms with Crippen molar-refractivity contribution in [2.75, 3.05) is 13.1 Å². The van der Waals surface area contributed by atoms with Gasteiger partial charge in [-0.3, -0.25) is 9.69 Å². The van der Waals surface area contributed by atoms with Crippen LogP contribution in [0.5, 0.6) is 0 Å². The zero-order valence-corrected chi connectivity index (χ0v) is 11.2. The fraction of sp³-hybridized carbons (Fsp3) is 0.533. The second-order valence-electron chi connectivity index (χ2n) is 6.23. The van der Waals surface area contributed by atoms with E-state index in [1.54, 1.807) is 6.07 Å². The van der Waals surface area contributed by atoms with Crippen molar-refractivity contribution in [3.63, 3.8) is 0 Å². The molecule has 1 aromatic rings. The summed E-state index contributed by atoms with van der Waals surface area (Å²) in [6.45, 7) is 4.92. The molecule has 19 heavy (non-hydrogen) atoms. The average molecular weight is 262 g/mol. The number of halogens is 1. The Morgan fingerprint density at radius 2 is 2.21 bits per heavy atom. The highest BCUT2D eigenvalue weighted by Gasteiger charge is 2.39. The summed E-state index contributed by atoms with van der Waals surface area (Å²) in [4.78, 5) is 13.5. The minimum absolute atomic E-state index is 0.277. The van der Waals surface area contributed by atoms with Crippen LogP contribution in [0.3, 0.4) is 0 Å². The second-order valence-corrected chi connectivity index (χ2v) is 6.23. The van der Waals surface area contributed by atoms with Gasteiger partial charge in [0.25, 0.3) is 0 Å². The first-order valence-corrected chi connectivity index (χ1v) is 6.80. The lowest BCUT2D eigenvalue weighted by Crippen LogP contribution is -2.35. The number of carbonyl (C=O) groups is 1. The van der Waals surface area contributed by atoms with E-state index in [2.05, 4.69) is 11.8 Å². The molecule has 3 rings (SSSR count). The van der Waals surface area contributed by atoms with Crippen LogP contribution in [0, 0.1) is 11.2 Å². The van der Waals surface area contributed by atoms with E-state index in [-0.39, 0.29) is 11.4 Å². The minimum Gasteiger partial charge on any atom is -0.366 e. The first kappa shape index (κ1) is 12.6. The Hall–Kier alpha value is -1.42. The van der Waals surface area contributed by atoms with Crippen molar-refractivity contribution >= 4 is 5.91 Å². The molecular formula is C15H19FN2O. The number of hydrogen-bond acceptors (Lipinski definition) is 2. The SMILES string of the molecule is CC1(CN2CCc3cc(C(N)=O)cc(F)c3C2)CC1. The number of hydrogen-bond donors (Lipinski definition) is 1. The van der Waals surface area contributed by atoms with Gasteiger partial charge in [-0.25, -0.2) is 4.39 Å². The summed E-state index contributed by atoms with van der Waals surface area (Å²) in [5, 5.41) is 0. The zero-order chi connectivity index (χ0) is 13.6. The standard InChI is InChI=1S/C15H19FN2O/c1-15(3-4-15)9-18-5-2-10-6-11(14(17)19)7-13(16)12(10)8-18/h6-7H,2-5,8-9H2,1H3,(H2,17,19). The Bertz CT molecular complexity index is 537. The number of fused-ring (bicyclic) bond motifs is 1. The van der Waals surface area contributed by atoms with E-state index in [1.807, 2.05) is 0 Å². The second kappa shape index (κ2) is 4.30. The number of benzene rings is 1. The Kier molecular flexibility index (Phi) is 2.86. The normalized spacial score (nSPS) is 20.9. The first-order chi connectivity index (χ1) is 8.97. The van der Waals surface area contributed by atoms with E-state index in [9.17, 15) is 9.18 Å². The predicted molar refractivity (Wildman–Crippen MR) is 71.2 cm³/mol. The minimum atomic E-state index is -0.561. The van der Waals surface area contributed by atoms with Crippen LogP contribution in [0.25, 0.3) is 0 Å². The van der Waals surface area contributed by atoms with Gasteiger partial charge in [-0.2, -0.15) is 0 Å². The maximum absolute atomic E-state index is 14.1. The van der Waals surface area contributed by atoms with Gasteiger partial charge in [0, 0.05) is 30.8 Å². The van der Waals surface area contributed by atoms with E-state index in [0.717, 1.165) is 30.6 Å². The Balaban J connectivity index is 1.82. The molecule has 1 aliphatic carbocycles. The molecule has 0 aromatic heterocycles. The van der Waals surface area contributed by atoms with Crippen molar-refractivity contribution in [1.29, 1.82) is 0 Å². The third-order valence-corrected chi connectivity index (χ3v) is 4.36. The van der Waals surface area contributed by atoms with Crippen molar-refractivity contribution in [1.82, 2.24) is 4.90 Å². The van der Waals surface area contributed by atoms with Crippen LogP contribution in [-0.2, 0) is 13.0 Å². The van der Waals surface area contributed by atoms with Crippen LogP contribution >= 0.6 is 0 Å². The molecule has 2 N–H and O–H groups in total. The van der Waals surface area contributed by atoms with Gasteiger partial charge in [-0.05, 0) is 42.4 Å². The van der Waals surface area contributed by atoms with Gasteiger partial charge in [0.15, 0.2) is 0 Å². The van der Waals surface area contributed by atoms with Crippen molar-refractivity contribution in [3.8, 4) is 0 Å². The van der Waals surface area contributed by atoms with Crippen molar-refractivity contribution < 1.29 is 9.18 Å². The maximum Gasteiger partial charge on any atom is 0.248 e. The molecular weight excluding hydrogens is 243 g/mol. The highest BCUT2D eigenvalue weighted by Crippen LogP contribution is 2.46. The van der Waals surface area contributed by atoms with Crippen LogP contribution in [-0.4, -0.2) is 23.9 Å². The molecule has 0 spiro atoms. The molecule has 0 bridgehead atoms. The Morgan fingerprint density at radius 1 is 1.47 bits per heavy atom. The van der Waals surface area contributed by atoms with Gasteiger partial charge in [0.1, 0.15) is 5.82 Å². The zero-order valence-electron chi connectivity index (χ0n) is 11.2. The van der Waals surface area contributed by atoms with Crippen LogP contribution < -0.4 is 5.73 Å². The average Bonchev–Trinajstić information content (AvgIpc) is 3.07. The quantitative estimate of drug-likeness (QED) is 0.906. The number of rotatable bonds is 3.